The van der Waals surface area contributed by atoms with Gasteiger partial charge in [0.2, 0.25) is 5.88 Å². The third-order valence-electron chi connectivity index (χ3n) is 2.78. The van der Waals surface area contributed by atoms with Gasteiger partial charge in [0.15, 0.2) is 5.84 Å². The van der Waals surface area contributed by atoms with Crippen LogP contribution in [0.4, 0.5) is 0 Å². The maximum absolute atomic E-state index is 8.89. The first-order chi connectivity index (χ1) is 9.92. The summed E-state index contributed by atoms with van der Waals surface area (Å²) < 4.78 is 5.70. The molecule has 0 saturated carbocycles. The van der Waals surface area contributed by atoms with Gasteiger partial charge in [0.05, 0.1) is 15.6 Å². The normalized spacial score (nSPS) is 11.5. The van der Waals surface area contributed by atoms with Gasteiger partial charge in [-0.1, -0.05) is 28.4 Å². The highest BCUT2D eigenvalue weighted by Crippen LogP contribution is 2.31. The maximum Gasteiger partial charge on any atom is 0.230 e. The van der Waals surface area contributed by atoms with Crippen LogP contribution in [0.1, 0.15) is 16.8 Å². The number of hydrogen-bond donors (Lipinski definition) is 2. The molecule has 0 aliphatic carbocycles. The van der Waals surface area contributed by atoms with Crippen molar-refractivity contribution in [3.05, 3.63) is 51.1 Å². The molecule has 0 saturated heterocycles. The topological polar surface area (TPSA) is 80.7 Å². The summed E-state index contributed by atoms with van der Waals surface area (Å²) in [6, 6.07) is 6.66. The van der Waals surface area contributed by atoms with Gasteiger partial charge >= 0.3 is 0 Å². The molecule has 21 heavy (non-hydrogen) atoms. The van der Waals surface area contributed by atoms with Crippen LogP contribution in [-0.2, 0) is 0 Å². The number of hydrogen-bond acceptors (Lipinski definition) is 4. The SMILES string of the molecule is Cc1cc(C)c(C(N)=NO)c(Oc2ccc(Cl)c(Cl)c2)n1. The monoisotopic (exact) mass is 325 g/mol. The van der Waals surface area contributed by atoms with Crippen LogP contribution in [0.5, 0.6) is 11.6 Å². The fraction of sp³-hybridized carbons (Fsp3) is 0.143. The second kappa shape index (κ2) is 6.20. The Balaban J connectivity index is 2.50. The lowest BCUT2D eigenvalue weighted by molar-refractivity contribution is 0.318. The fourth-order valence-corrected chi connectivity index (χ4v) is 2.18. The zero-order valence-corrected chi connectivity index (χ0v) is 12.9. The van der Waals surface area contributed by atoms with E-state index >= 15 is 0 Å². The van der Waals surface area contributed by atoms with Gasteiger partial charge in [0.25, 0.3) is 0 Å². The Kier molecular flexibility index (Phi) is 4.55. The standard InChI is InChI=1S/C14H13Cl2N3O2/c1-7-5-8(2)18-14(12(7)13(17)19-20)21-9-3-4-10(15)11(16)6-9/h3-6,20H,1-2H3,(H2,17,19). The van der Waals surface area contributed by atoms with E-state index < -0.39 is 0 Å². The molecule has 0 aliphatic rings. The minimum atomic E-state index is -0.0740. The number of benzene rings is 1. The third-order valence-corrected chi connectivity index (χ3v) is 3.52. The first-order valence-corrected chi connectivity index (χ1v) is 6.77. The Labute approximate surface area is 132 Å². The molecule has 0 fully saturated rings. The number of aromatic nitrogens is 1. The number of aryl methyl sites for hydroxylation is 2. The number of amidine groups is 1. The number of oxime groups is 1. The van der Waals surface area contributed by atoms with E-state index in [1.165, 1.54) is 0 Å². The Morgan fingerprint density at radius 2 is 1.95 bits per heavy atom. The van der Waals surface area contributed by atoms with Crippen LogP contribution >= 0.6 is 23.2 Å². The summed E-state index contributed by atoms with van der Waals surface area (Å²) in [4.78, 5) is 4.28. The molecule has 110 valence electrons. The van der Waals surface area contributed by atoms with Crippen LogP contribution < -0.4 is 10.5 Å². The van der Waals surface area contributed by atoms with Gasteiger partial charge in [0, 0.05) is 11.8 Å². The average molecular weight is 326 g/mol. The molecule has 2 rings (SSSR count). The summed E-state index contributed by atoms with van der Waals surface area (Å²) in [6.07, 6.45) is 0. The second-order valence-electron chi connectivity index (χ2n) is 4.42. The number of nitrogens with two attached hydrogens (primary N) is 1. The lowest BCUT2D eigenvalue weighted by atomic mass is 10.1. The van der Waals surface area contributed by atoms with E-state index in [0.29, 0.717) is 21.4 Å². The Bertz CT molecular complexity index is 718. The van der Waals surface area contributed by atoms with E-state index in [0.717, 1.165) is 11.3 Å². The molecule has 2 aromatic rings. The molecule has 3 N–H and O–H groups in total. The molecular weight excluding hydrogens is 313 g/mol. The Hall–Kier alpha value is -1.98. The first-order valence-electron chi connectivity index (χ1n) is 6.01. The van der Waals surface area contributed by atoms with Gasteiger partial charge in [-0.2, -0.15) is 0 Å². The summed E-state index contributed by atoms with van der Waals surface area (Å²) in [7, 11) is 0. The molecule has 7 heteroatoms. The van der Waals surface area contributed by atoms with Crippen LogP contribution in [0.2, 0.25) is 10.0 Å². The number of ether oxygens (including phenoxy) is 1. The van der Waals surface area contributed by atoms with Crippen LogP contribution in [0, 0.1) is 13.8 Å². The zero-order chi connectivity index (χ0) is 15.6. The molecule has 0 bridgehead atoms. The predicted molar refractivity (Wildman–Crippen MR) is 82.8 cm³/mol. The molecule has 0 atom stereocenters. The van der Waals surface area contributed by atoms with Crippen molar-refractivity contribution in [3.8, 4) is 11.6 Å². The summed E-state index contributed by atoms with van der Waals surface area (Å²) in [6.45, 7) is 3.65. The summed E-state index contributed by atoms with van der Waals surface area (Å²) in [5.74, 6) is 0.616. The molecule has 0 spiro atoms. The summed E-state index contributed by atoms with van der Waals surface area (Å²) in [5.41, 5.74) is 7.64. The number of pyridine rings is 1. The van der Waals surface area contributed by atoms with E-state index in [1.807, 2.05) is 19.9 Å². The van der Waals surface area contributed by atoms with Gasteiger partial charge in [-0.25, -0.2) is 4.98 Å². The smallest absolute Gasteiger partial charge is 0.230 e. The van der Waals surface area contributed by atoms with Crippen molar-refractivity contribution in [3.63, 3.8) is 0 Å². The van der Waals surface area contributed by atoms with Gasteiger partial charge in [-0.05, 0) is 37.6 Å². The number of nitrogens with zero attached hydrogens (tertiary/aromatic N) is 2. The van der Waals surface area contributed by atoms with Crippen LogP contribution in [0.15, 0.2) is 29.4 Å². The second-order valence-corrected chi connectivity index (χ2v) is 5.24. The van der Waals surface area contributed by atoms with Crippen molar-refractivity contribution < 1.29 is 9.94 Å². The highest BCUT2D eigenvalue weighted by Gasteiger charge is 2.15. The first kappa shape index (κ1) is 15.4. The molecule has 0 radical (unpaired) electrons. The van der Waals surface area contributed by atoms with Crippen molar-refractivity contribution in [2.75, 3.05) is 0 Å². The quantitative estimate of drug-likeness (QED) is 0.388. The largest absolute Gasteiger partial charge is 0.438 e. The minimum Gasteiger partial charge on any atom is -0.438 e. The van der Waals surface area contributed by atoms with Crippen LogP contribution in [0.25, 0.3) is 0 Å². The van der Waals surface area contributed by atoms with Crippen LogP contribution in [0.3, 0.4) is 0 Å². The molecular formula is C14H13Cl2N3O2. The van der Waals surface area contributed by atoms with Crippen molar-refractivity contribution in [1.82, 2.24) is 4.98 Å². The van der Waals surface area contributed by atoms with E-state index in [1.54, 1.807) is 18.2 Å². The van der Waals surface area contributed by atoms with Gasteiger partial charge in [-0.3, -0.25) is 0 Å². The lowest BCUT2D eigenvalue weighted by Gasteiger charge is -2.13. The lowest BCUT2D eigenvalue weighted by Crippen LogP contribution is -2.17. The van der Waals surface area contributed by atoms with Crippen molar-refractivity contribution in [2.45, 2.75) is 13.8 Å². The van der Waals surface area contributed by atoms with E-state index in [-0.39, 0.29) is 11.7 Å². The molecule has 5 nitrogen and oxygen atoms in total. The molecule has 1 heterocycles. The average Bonchev–Trinajstić information content (AvgIpc) is 2.41. The highest BCUT2D eigenvalue weighted by atomic mass is 35.5. The van der Waals surface area contributed by atoms with Crippen molar-refractivity contribution in [2.24, 2.45) is 10.9 Å². The summed E-state index contributed by atoms with van der Waals surface area (Å²) in [5, 5.41) is 12.7. The number of halogens is 2. The van der Waals surface area contributed by atoms with E-state index in [9.17, 15) is 0 Å². The van der Waals surface area contributed by atoms with E-state index in [2.05, 4.69) is 10.1 Å². The van der Waals surface area contributed by atoms with Gasteiger partial charge < -0.3 is 15.7 Å². The van der Waals surface area contributed by atoms with Crippen molar-refractivity contribution >= 4 is 29.0 Å². The zero-order valence-electron chi connectivity index (χ0n) is 11.4. The van der Waals surface area contributed by atoms with Crippen molar-refractivity contribution in [1.29, 1.82) is 0 Å². The predicted octanol–water partition coefficient (Wildman–Crippen LogP) is 3.89. The fourth-order valence-electron chi connectivity index (χ4n) is 1.89. The minimum absolute atomic E-state index is 0.0740. The Morgan fingerprint density at radius 1 is 1.24 bits per heavy atom. The maximum atomic E-state index is 8.89. The number of rotatable bonds is 3. The molecule has 0 aliphatic heterocycles. The van der Waals surface area contributed by atoms with E-state index in [4.69, 9.17) is 38.9 Å². The highest BCUT2D eigenvalue weighted by molar-refractivity contribution is 6.42. The van der Waals surface area contributed by atoms with Gasteiger partial charge in [-0.15, -0.1) is 0 Å². The van der Waals surface area contributed by atoms with Gasteiger partial charge in [0.1, 0.15) is 5.75 Å². The molecule has 0 unspecified atom stereocenters. The molecule has 1 aromatic heterocycles. The Morgan fingerprint density at radius 3 is 2.57 bits per heavy atom. The molecule has 1 aromatic carbocycles. The van der Waals surface area contributed by atoms with Crippen LogP contribution in [-0.4, -0.2) is 16.0 Å². The summed E-state index contributed by atoms with van der Waals surface area (Å²) >= 11 is 11.8. The molecule has 0 amide bonds. The third kappa shape index (κ3) is 3.37.